The number of nitrogens with one attached hydrogen (secondary N) is 1. The van der Waals surface area contributed by atoms with Gasteiger partial charge in [0.05, 0.1) is 17.2 Å². The zero-order chi connectivity index (χ0) is 19.7. The zero-order valence-electron chi connectivity index (χ0n) is 14.2. The number of hydrogen-bond acceptors (Lipinski definition) is 4. The fraction of sp³-hybridized carbons (Fsp3) is 0.263. The summed E-state index contributed by atoms with van der Waals surface area (Å²) in [5.41, 5.74) is 0.350. The van der Waals surface area contributed by atoms with Crippen molar-refractivity contribution in [1.29, 1.82) is 0 Å². The standard InChI is InChI=1S/C19H16ClF2NO4/c1-9(17(24)16-13(21)3-2-4-14(16)22)23-18(25)15-7-10-5-6-11(20)8-12(10)19(26)27-15/h2-6,8-9,15,17,24H,7H2,1H3,(H,23,25). The second-order valence-electron chi connectivity index (χ2n) is 6.28. The van der Waals surface area contributed by atoms with Crippen LogP contribution in [0.2, 0.25) is 5.02 Å². The van der Waals surface area contributed by atoms with E-state index in [0.29, 0.717) is 10.6 Å². The van der Waals surface area contributed by atoms with Gasteiger partial charge in [0.15, 0.2) is 6.10 Å². The molecule has 1 heterocycles. The molecule has 0 aromatic heterocycles. The Hall–Kier alpha value is -2.51. The van der Waals surface area contributed by atoms with Crippen LogP contribution < -0.4 is 5.32 Å². The molecular weight excluding hydrogens is 380 g/mol. The molecule has 0 saturated heterocycles. The van der Waals surface area contributed by atoms with Gasteiger partial charge in [0, 0.05) is 11.4 Å². The number of carbonyl (C=O) groups excluding carboxylic acids is 2. The molecule has 0 bridgehead atoms. The lowest BCUT2D eigenvalue weighted by molar-refractivity contribution is -0.131. The zero-order valence-corrected chi connectivity index (χ0v) is 15.0. The van der Waals surface area contributed by atoms with E-state index in [2.05, 4.69) is 5.32 Å². The number of aliphatic hydroxyl groups excluding tert-OH is 1. The van der Waals surface area contributed by atoms with Crippen LogP contribution in [0.1, 0.15) is 34.5 Å². The normalized spacial score (nSPS) is 18.3. The molecule has 1 amide bonds. The van der Waals surface area contributed by atoms with Gasteiger partial charge in [-0.15, -0.1) is 0 Å². The molecule has 0 saturated carbocycles. The average molecular weight is 396 g/mol. The highest BCUT2D eigenvalue weighted by atomic mass is 35.5. The van der Waals surface area contributed by atoms with E-state index < -0.39 is 47.3 Å². The maximum absolute atomic E-state index is 13.8. The number of fused-ring (bicyclic) bond motifs is 1. The van der Waals surface area contributed by atoms with Crippen molar-refractivity contribution in [3.8, 4) is 0 Å². The van der Waals surface area contributed by atoms with Gasteiger partial charge in [-0.25, -0.2) is 13.6 Å². The van der Waals surface area contributed by atoms with Crippen LogP contribution in [0, 0.1) is 11.6 Å². The molecule has 27 heavy (non-hydrogen) atoms. The van der Waals surface area contributed by atoms with Gasteiger partial charge in [-0.1, -0.05) is 23.7 Å². The number of ether oxygens (including phenoxy) is 1. The third-order valence-corrected chi connectivity index (χ3v) is 4.61. The fourth-order valence-corrected chi connectivity index (χ4v) is 3.11. The van der Waals surface area contributed by atoms with Crippen molar-refractivity contribution >= 4 is 23.5 Å². The van der Waals surface area contributed by atoms with Crippen LogP contribution in [0.5, 0.6) is 0 Å². The van der Waals surface area contributed by atoms with Crippen LogP contribution in [0.3, 0.4) is 0 Å². The fourth-order valence-electron chi connectivity index (χ4n) is 2.94. The van der Waals surface area contributed by atoms with Gasteiger partial charge in [-0.3, -0.25) is 4.79 Å². The minimum atomic E-state index is -1.61. The monoisotopic (exact) mass is 395 g/mol. The van der Waals surface area contributed by atoms with Crippen LogP contribution >= 0.6 is 11.6 Å². The highest BCUT2D eigenvalue weighted by Crippen LogP contribution is 2.26. The Labute approximate surface area is 158 Å². The minimum absolute atomic E-state index is 0.126. The summed E-state index contributed by atoms with van der Waals surface area (Å²) < 4.78 is 32.7. The van der Waals surface area contributed by atoms with Gasteiger partial charge >= 0.3 is 5.97 Å². The highest BCUT2D eigenvalue weighted by Gasteiger charge is 2.33. The first-order chi connectivity index (χ1) is 12.8. The molecule has 2 aromatic carbocycles. The number of hydrogen-bond donors (Lipinski definition) is 2. The minimum Gasteiger partial charge on any atom is -0.448 e. The summed E-state index contributed by atoms with van der Waals surface area (Å²) in [5.74, 6) is -3.20. The van der Waals surface area contributed by atoms with E-state index in [0.717, 1.165) is 12.1 Å². The molecule has 3 unspecified atom stereocenters. The third-order valence-electron chi connectivity index (χ3n) is 4.38. The van der Waals surface area contributed by atoms with E-state index >= 15 is 0 Å². The number of aliphatic hydroxyl groups is 1. The molecule has 1 aliphatic rings. The predicted octanol–water partition coefficient (Wildman–Crippen LogP) is 2.94. The molecule has 8 heteroatoms. The van der Waals surface area contributed by atoms with Gasteiger partial charge in [-0.05, 0) is 36.8 Å². The number of esters is 1. The van der Waals surface area contributed by atoms with Crippen LogP contribution in [-0.4, -0.2) is 29.1 Å². The Morgan fingerprint density at radius 3 is 2.63 bits per heavy atom. The molecule has 2 aromatic rings. The van der Waals surface area contributed by atoms with Crippen LogP contribution in [0.4, 0.5) is 8.78 Å². The van der Waals surface area contributed by atoms with Crippen molar-refractivity contribution < 1.29 is 28.2 Å². The summed E-state index contributed by atoms with van der Waals surface area (Å²) in [4.78, 5) is 24.5. The summed E-state index contributed by atoms with van der Waals surface area (Å²) in [7, 11) is 0. The maximum atomic E-state index is 13.8. The molecule has 0 aliphatic carbocycles. The molecule has 3 rings (SSSR count). The van der Waals surface area contributed by atoms with Gasteiger partial charge in [0.25, 0.3) is 5.91 Å². The van der Waals surface area contributed by atoms with Crippen molar-refractivity contribution in [2.24, 2.45) is 0 Å². The summed E-state index contributed by atoms with van der Waals surface area (Å²) in [5, 5.41) is 13.0. The van der Waals surface area contributed by atoms with Crippen molar-refractivity contribution in [2.75, 3.05) is 0 Å². The van der Waals surface area contributed by atoms with Crippen LogP contribution in [-0.2, 0) is 16.0 Å². The first kappa shape index (κ1) is 19.3. The Morgan fingerprint density at radius 2 is 1.96 bits per heavy atom. The summed E-state index contributed by atoms with van der Waals surface area (Å²) >= 11 is 5.85. The SMILES string of the molecule is CC(NC(=O)C1Cc2ccc(Cl)cc2C(=O)O1)C(O)c1c(F)cccc1F. The predicted molar refractivity (Wildman–Crippen MR) is 93.3 cm³/mol. The molecule has 1 aliphatic heterocycles. The first-order valence-corrected chi connectivity index (χ1v) is 8.57. The summed E-state index contributed by atoms with van der Waals surface area (Å²) in [6.45, 7) is 1.40. The van der Waals surface area contributed by atoms with E-state index in [9.17, 15) is 23.5 Å². The Bertz CT molecular complexity index is 885. The number of benzene rings is 2. The Kier molecular flexibility index (Phi) is 5.43. The van der Waals surface area contributed by atoms with Gasteiger partial charge in [-0.2, -0.15) is 0 Å². The molecule has 5 nitrogen and oxygen atoms in total. The van der Waals surface area contributed by atoms with E-state index in [1.165, 1.54) is 19.1 Å². The number of halogens is 3. The molecule has 3 atom stereocenters. The van der Waals surface area contributed by atoms with Crippen molar-refractivity contribution in [1.82, 2.24) is 5.32 Å². The third kappa shape index (κ3) is 3.94. The number of cyclic esters (lactones) is 1. The van der Waals surface area contributed by atoms with Crippen LogP contribution in [0.15, 0.2) is 36.4 Å². The summed E-state index contributed by atoms with van der Waals surface area (Å²) in [6.07, 6.45) is -2.60. The largest absolute Gasteiger partial charge is 0.448 e. The number of amides is 1. The summed E-state index contributed by atoms with van der Waals surface area (Å²) in [6, 6.07) is 6.87. The molecule has 2 N–H and O–H groups in total. The smallest absolute Gasteiger partial charge is 0.339 e. The van der Waals surface area contributed by atoms with Gasteiger partial charge < -0.3 is 15.2 Å². The maximum Gasteiger partial charge on any atom is 0.339 e. The second-order valence-corrected chi connectivity index (χ2v) is 6.71. The van der Waals surface area contributed by atoms with E-state index in [1.54, 1.807) is 12.1 Å². The highest BCUT2D eigenvalue weighted by molar-refractivity contribution is 6.31. The molecule has 0 spiro atoms. The Morgan fingerprint density at radius 1 is 1.30 bits per heavy atom. The molecular formula is C19H16ClF2NO4. The lowest BCUT2D eigenvalue weighted by Crippen LogP contribution is -2.47. The molecule has 0 radical (unpaired) electrons. The first-order valence-electron chi connectivity index (χ1n) is 8.19. The van der Waals surface area contributed by atoms with Gasteiger partial charge in [0.2, 0.25) is 0 Å². The van der Waals surface area contributed by atoms with Gasteiger partial charge in [0.1, 0.15) is 17.7 Å². The van der Waals surface area contributed by atoms with E-state index in [1.807, 2.05) is 0 Å². The average Bonchev–Trinajstić information content (AvgIpc) is 2.61. The van der Waals surface area contributed by atoms with E-state index in [-0.39, 0.29) is 12.0 Å². The second kappa shape index (κ2) is 7.62. The number of rotatable bonds is 4. The van der Waals surface area contributed by atoms with Crippen molar-refractivity contribution in [2.45, 2.75) is 31.6 Å². The topological polar surface area (TPSA) is 75.6 Å². The van der Waals surface area contributed by atoms with Crippen LogP contribution in [0.25, 0.3) is 0 Å². The Balaban J connectivity index is 1.72. The van der Waals surface area contributed by atoms with E-state index in [4.69, 9.17) is 16.3 Å². The lowest BCUT2D eigenvalue weighted by Gasteiger charge is -2.27. The van der Waals surface area contributed by atoms with Crippen molar-refractivity contribution in [3.63, 3.8) is 0 Å². The number of carbonyl (C=O) groups is 2. The van der Waals surface area contributed by atoms with Crippen molar-refractivity contribution in [3.05, 3.63) is 69.7 Å². The molecule has 142 valence electrons. The lowest BCUT2D eigenvalue weighted by atomic mass is 9.97. The molecule has 0 fully saturated rings. The quantitative estimate of drug-likeness (QED) is 0.780.